The Kier molecular flexibility index (Phi) is 7.27. The van der Waals surface area contributed by atoms with Crippen molar-refractivity contribution < 1.29 is 17.9 Å². The van der Waals surface area contributed by atoms with Crippen molar-refractivity contribution in [2.45, 2.75) is 13.0 Å². The maximum Gasteiger partial charge on any atom is 0.406 e. The Labute approximate surface area is 137 Å². The molecule has 0 saturated carbocycles. The third kappa shape index (κ3) is 6.43. The van der Waals surface area contributed by atoms with Crippen molar-refractivity contribution >= 4 is 22.0 Å². The average Bonchev–Trinajstić information content (AvgIpc) is 2.50. The summed E-state index contributed by atoms with van der Waals surface area (Å²) in [7, 11) is 0.712. The highest BCUT2D eigenvalue weighted by Gasteiger charge is 2.13. The van der Waals surface area contributed by atoms with E-state index in [-0.39, 0.29) is 6.04 Å². The van der Waals surface area contributed by atoms with Gasteiger partial charge in [-0.1, -0.05) is 12.1 Å². The lowest BCUT2D eigenvalue weighted by molar-refractivity contribution is 0.171. The van der Waals surface area contributed by atoms with Gasteiger partial charge in [0.1, 0.15) is 0 Å². The van der Waals surface area contributed by atoms with Gasteiger partial charge in [0.25, 0.3) is 0 Å². The van der Waals surface area contributed by atoms with Crippen LogP contribution in [-0.4, -0.2) is 53.1 Å². The van der Waals surface area contributed by atoms with Crippen molar-refractivity contribution in [1.29, 1.82) is 0 Å². The van der Waals surface area contributed by atoms with Gasteiger partial charge >= 0.3 is 16.3 Å². The number of hydrogen-bond donors (Lipinski definition) is 3. The molecule has 0 aliphatic rings. The summed E-state index contributed by atoms with van der Waals surface area (Å²) in [5, 5.41) is 5.81. The van der Waals surface area contributed by atoms with E-state index in [9.17, 15) is 13.2 Å². The zero-order valence-corrected chi connectivity index (χ0v) is 14.6. The minimum Gasteiger partial charge on any atom is -0.453 e. The summed E-state index contributed by atoms with van der Waals surface area (Å²) in [5.41, 5.74) is 1.43. The maximum absolute atomic E-state index is 11.8. The molecule has 0 fully saturated rings. The van der Waals surface area contributed by atoms with Crippen LogP contribution in [0.3, 0.4) is 0 Å². The van der Waals surface area contributed by atoms with Crippen LogP contribution in [0.15, 0.2) is 24.3 Å². The first-order chi connectivity index (χ1) is 10.8. The molecule has 3 N–H and O–H groups in total. The molecule has 0 spiro atoms. The zero-order chi connectivity index (χ0) is 17.5. The van der Waals surface area contributed by atoms with Gasteiger partial charge in [0.15, 0.2) is 0 Å². The quantitative estimate of drug-likeness (QED) is 0.609. The molecule has 23 heavy (non-hydrogen) atoms. The number of carbonyl (C=O) groups is 1. The second kappa shape index (κ2) is 8.70. The fourth-order valence-electron chi connectivity index (χ4n) is 1.75. The van der Waals surface area contributed by atoms with Crippen LogP contribution in [0, 0.1) is 0 Å². The largest absolute Gasteiger partial charge is 0.453 e. The predicted octanol–water partition coefficient (Wildman–Crippen LogP) is 0.912. The Balaban J connectivity index is 2.60. The molecule has 0 aromatic heterocycles. The topological polar surface area (TPSA) is 99.8 Å². The van der Waals surface area contributed by atoms with Crippen LogP contribution in [0.2, 0.25) is 0 Å². The predicted molar refractivity (Wildman–Crippen MR) is 89.5 cm³/mol. The first-order valence-electron chi connectivity index (χ1n) is 7.11. The summed E-state index contributed by atoms with van der Waals surface area (Å²) in [5.74, 6) is 0. The Hall–Kier alpha value is -1.84. The Bertz CT molecular complexity index is 619. The second-order valence-corrected chi connectivity index (χ2v) is 6.99. The SMILES string of the molecule is COC(=O)NCCNC(C)c1cccc(NS(=O)(=O)N(C)C)c1. The third-order valence-corrected chi connectivity index (χ3v) is 4.60. The Morgan fingerprint density at radius 2 is 2.00 bits per heavy atom. The molecule has 1 amide bonds. The van der Waals surface area contributed by atoms with Crippen LogP contribution in [0.25, 0.3) is 0 Å². The minimum absolute atomic E-state index is 0.00161. The molecular weight excluding hydrogens is 320 g/mol. The molecule has 0 aliphatic heterocycles. The van der Waals surface area contributed by atoms with E-state index in [1.807, 2.05) is 13.0 Å². The molecule has 0 aliphatic carbocycles. The molecule has 0 saturated heterocycles. The van der Waals surface area contributed by atoms with Crippen LogP contribution < -0.4 is 15.4 Å². The number of methoxy groups -OCH3 is 1. The molecule has 1 aromatic carbocycles. The molecule has 9 heteroatoms. The molecule has 1 rings (SSSR count). The molecule has 1 unspecified atom stereocenters. The Morgan fingerprint density at radius 1 is 1.30 bits per heavy atom. The summed E-state index contributed by atoms with van der Waals surface area (Å²) >= 11 is 0. The monoisotopic (exact) mass is 344 g/mol. The fourth-order valence-corrected chi connectivity index (χ4v) is 2.36. The van der Waals surface area contributed by atoms with Gasteiger partial charge in [-0.2, -0.15) is 12.7 Å². The summed E-state index contributed by atoms with van der Waals surface area (Å²) < 4.78 is 31.7. The molecule has 130 valence electrons. The number of benzene rings is 1. The van der Waals surface area contributed by atoms with E-state index in [1.165, 1.54) is 21.2 Å². The van der Waals surface area contributed by atoms with Crippen LogP contribution in [0.1, 0.15) is 18.5 Å². The van der Waals surface area contributed by atoms with Gasteiger partial charge in [-0.25, -0.2) is 4.79 Å². The molecule has 0 bridgehead atoms. The van der Waals surface area contributed by atoms with Crippen molar-refractivity contribution in [3.8, 4) is 0 Å². The lowest BCUT2D eigenvalue weighted by Crippen LogP contribution is -2.32. The van der Waals surface area contributed by atoms with Crippen molar-refractivity contribution in [3.05, 3.63) is 29.8 Å². The zero-order valence-electron chi connectivity index (χ0n) is 13.8. The molecule has 0 heterocycles. The molecule has 0 radical (unpaired) electrons. The van der Waals surface area contributed by atoms with Gasteiger partial charge in [0, 0.05) is 33.2 Å². The van der Waals surface area contributed by atoms with Gasteiger partial charge in [-0.05, 0) is 24.6 Å². The highest BCUT2D eigenvalue weighted by molar-refractivity contribution is 7.90. The van der Waals surface area contributed by atoms with E-state index < -0.39 is 16.3 Å². The van der Waals surface area contributed by atoms with Crippen LogP contribution in [-0.2, 0) is 14.9 Å². The number of carbonyl (C=O) groups excluding carboxylic acids is 1. The van der Waals surface area contributed by atoms with Gasteiger partial charge in [-0.15, -0.1) is 0 Å². The minimum atomic E-state index is -3.53. The van der Waals surface area contributed by atoms with Crippen LogP contribution in [0.4, 0.5) is 10.5 Å². The van der Waals surface area contributed by atoms with Crippen molar-refractivity contribution in [2.24, 2.45) is 0 Å². The number of amides is 1. The summed E-state index contributed by atoms with van der Waals surface area (Å²) in [6.45, 7) is 2.95. The number of nitrogens with zero attached hydrogens (tertiary/aromatic N) is 1. The highest BCUT2D eigenvalue weighted by atomic mass is 32.2. The maximum atomic E-state index is 11.8. The first kappa shape index (κ1) is 19.2. The van der Waals surface area contributed by atoms with E-state index in [0.717, 1.165) is 9.87 Å². The third-order valence-electron chi connectivity index (χ3n) is 3.14. The Morgan fingerprint density at radius 3 is 2.61 bits per heavy atom. The van der Waals surface area contributed by atoms with Crippen molar-refractivity contribution in [2.75, 3.05) is 39.0 Å². The van der Waals surface area contributed by atoms with E-state index >= 15 is 0 Å². The van der Waals surface area contributed by atoms with Crippen molar-refractivity contribution in [3.63, 3.8) is 0 Å². The highest BCUT2D eigenvalue weighted by Crippen LogP contribution is 2.18. The van der Waals surface area contributed by atoms with Crippen molar-refractivity contribution in [1.82, 2.24) is 14.9 Å². The average molecular weight is 344 g/mol. The second-order valence-electron chi connectivity index (χ2n) is 5.11. The summed E-state index contributed by atoms with van der Waals surface area (Å²) in [6.07, 6.45) is -0.473. The van der Waals surface area contributed by atoms with Gasteiger partial charge in [0.2, 0.25) is 0 Å². The lowest BCUT2D eigenvalue weighted by atomic mass is 10.1. The number of nitrogens with one attached hydrogen (secondary N) is 3. The fraction of sp³-hybridized carbons (Fsp3) is 0.500. The molecule has 8 nitrogen and oxygen atoms in total. The number of alkyl carbamates (subject to hydrolysis) is 1. The summed E-state index contributed by atoms with van der Waals surface area (Å²) in [6, 6.07) is 7.15. The van der Waals surface area contributed by atoms with E-state index in [2.05, 4.69) is 20.1 Å². The number of anilines is 1. The van der Waals surface area contributed by atoms with E-state index in [4.69, 9.17) is 0 Å². The molecular formula is C14H24N4O4S. The number of hydrogen-bond acceptors (Lipinski definition) is 5. The van der Waals surface area contributed by atoms with Gasteiger partial charge < -0.3 is 15.4 Å². The smallest absolute Gasteiger partial charge is 0.406 e. The van der Waals surface area contributed by atoms with Crippen LogP contribution >= 0.6 is 0 Å². The lowest BCUT2D eigenvalue weighted by Gasteiger charge is -2.17. The van der Waals surface area contributed by atoms with E-state index in [0.29, 0.717) is 18.8 Å². The number of ether oxygens (including phenoxy) is 1. The van der Waals surface area contributed by atoms with Gasteiger partial charge in [-0.3, -0.25) is 4.72 Å². The molecule has 1 atom stereocenters. The first-order valence-corrected chi connectivity index (χ1v) is 8.55. The summed E-state index contributed by atoms with van der Waals surface area (Å²) in [4.78, 5) is 10.9. The standard InChI is InChI=1S/C14H24N4O4S/c1-11(15-8-9-16-14(19)22-4)12-6-5-7-13(10-12)17-23(20,21)18(2)3/h5-7,10-11,15,17H,8-9H2,1-4H3,(H,16,19). The normalized spacial score (nSPS) is 12.7. The molecule has 1 aromatic rings. The number of rotatable bonds is 8. The van der Waals surface area contributed by atoms with Crippen LogP contribution in [0.5, 0.6) is 0 Å². The van der Waals surface area contributed by atoms with E-state index in [1.54, 1.807) is 18.2 Å². The van der Waals surface area contributed by atoms with Gasteiger partial charge in [0.05, 0.1) is 12.8 Å².